The SMILES string of the molecule is O=C(O)C[C@H]1C[C@H]2c3cc(NC(=O)C4CCC4)ccc3O[C@H]2[C@@H](CO)O1. The monoisotopic (exact) mass is 361 g/mol. The van der Waals surface area contributed by atoms with Gasteiger partial charge in [-0.25, -0.2) is 0 Å². The van der Waals surface area contributed by atoms with Crippen molar-refractivity contribution >= 4 is 17.6 Å². The maximum atomic E-state index is 12.2. The fourth-order valence-electron chi connectivity index (χ4n) is 4.08. The van der Waals surface area contributed by atoms with E-state index in [2.05, 4.69) is 5.32 Å². The highest BCUT2D eigenvalue weighted by atomic mass is 16.6. The molecule has 3 aliphatic rings. The van der Waals surface area contributed by atoms with Gasteiger partial charge in [0, 0.05) is 23.1 Å². The summed E-state index contributed by atoms with van der Waals surface area (Å²) in [6.45, 7) is -0.226. The lowest BCUT2D eigenvalue weighted by Crippen LogP contribution is -2.46. The molecule has 2 fully saturated rings. The van der Waals surface area contributed by atoms with Gasteiger partial charge >= 0.3 is 5.97 Å². The first-order chi connectivity index (χ1) is 12.5. The summed E-state index contributed by atoms with van der Waals surface area (Å²) in [5, 5.41) is 21.7. The number of carboxylic acids is 1. The van der Waals surface area contributed by atoms with Gasteiger partial charge in [-0.15, -0.1) is 0 Å². The third-order valence-corrected chi connectivity index (χ3v) is 5.65. The van der Waals surface area contributed by atoms with E-state index in [1.165, 1.54) is 0 Å². The van der Waals surface area contributed by atoms with Gasteiger partial charge in [-0.1, -0.05) is 6.42 Å². The van der Waals surface area contributed by atoms with E-state index in [1.807, 2.05) is 18.2 Å². The zero-order chi connectivity index (χ0) is 18.3. The van der Waals surface area contributed by atoms with Crippen LogP contribution in [0.3, 0.4) is 0 Å². The molecule has 140 valence electrons. The number of hydrogen-bond donors (Lipinski definition) is 3. The second kappa shape index (κ2) is 6.89. The molecule has 3 N–H and O–H groups in total. The van der Waals surface area contributed by atoms with Gasteiger partial charge in [-0.2, -0.15) is 0 Å². The summed E-state index contributed by atoms with van der Waals surface area (Å²) in [4.78, 5) is 23.2. The number of anilines is 1. The number of aliphatic hydroxyl groups excluding tert-OH is 1. The van der Waals surface area contributed by atoms with Gasteiger partial charge in [0.05, 0.1) is 19.1 Å². The molecule has 4 rings (SSSR count). The molecule has 0 bridgehead atoms. The molecule has 4 atom stereocenters. The predicted molar refractivity (Wildman–Crippen MR) is 92.2 cm³/mol. The Hall–Kier alpha value is -2.12. The van der Waals surface area contributed by atoms with Crippen LogP contribution in [-0.2, 0) is 14.3 Å². The zero-order valence-electron chi connectivity index (χ0n) is 14.4. The van der Waals surface area contributed by atoms with Crippen molar-refractivity contribution in [3.63, 3.8) is 0 Å². The fourth-order valence-corrected chi connectivity index (χ4v) is 4.08. The van der Waals surface area contributed by atoms with Crippen LogP contribution in [0.5, 0.6) is 5.75 Å². The zero-order valence-corrected chi connectivity index (χ0v) is 14.4. The van der Waals surface area contributed by atoms with Gasteiger partial charge in [0.15, 0.2) is 0 Å². The first-order valence-corrected chi connectivity index (χ1v) is 9.14. The van der Waals surface area contributed by atoms with E-state index >= 15 is 0 Å². The molecule has 2 heterocycles. The minimum absolute atomic E-state index is 0.0515. The predicted octanol–water partition coefficient (Wildman–Crippen LogP) is 1.89. The third-order valence-electron chi connectivity index (χ3n) is 5.65. The van der Waals surface area contributed by atoms with Crippen LogP contribution < -0.4 is 10.1 Å². The molecular formula is C19H23NO6. The molecule has 2 aliphatic heterocycles. The number of nitrogens with one attached hydrogen (secondary N) is 1. The van der Waals surface area contributed by atoms with Crippen molar-refractivity contribution in [3.05, 3.63) is 23.8 Å². The maximum absolute atomic E-state index is 12.2. The van der Waals surface area contributed by atoms with Gasteiger partial charge in [-0.05, 0) is 37.5 Å². The van der Waals surface area contributed by atoms with Crippen molar-refractivity contribution in [2.45, 2.75) is 56.3 Å². The van der Waals surface area contributed by atoms with Gasteiger partial charge in [-0.3, -0.25) is 9.59 Å². The number of fused-ring (bicyclic) bond motifs is 3. The molecule has 0 spiro atoms. The molecule has 0 radical (unpaired) electrons. The number of aliphatic carboxylic acids is 1. The number of rotatable bonds is 5. The average molecular weight is 361 g/mol. The van der Waals surface area contributed by atoms with E-state index in [4.69, 9.17) is 14.6 Å². The Morgan fingerprint density at radius 2 is 2.08 bits per heavy atom. The molecule has 26 heavy (non-hydrogen) atoms. The lowest BCUT2D eigenvalue weighted by atomic mass is 9.83. The number of carbonyl (C=O) groups excluding carboxylic acids is 1. The molecule has 1 saturated heterocycles. The van der Waals surface area contributed by atoms with E-state index in [-0.39, 0.29) is 36.9 Å². The van der Waals surface area contributed by atoms with Crippen LogP contribution in [-0.4, -0.2) is 47.0 Å². The molecule has 1 saturated carbocycles. The standard InChI is InChI=1S/C19H23NO6/c21-9-16-18-14(7-12(25-16)8-17(22)23)13-6-11(4-5-15(13)26-18)20-19(24)10-2-1-3-10/h4-6,10,12,14,16,18,21H,1-3,7-9H2,(H,20,24)(H,22,23)/t12-,14+,16-,18-/m1/s1. The molecule has 1 aliphatic carbocycles. The Balaban J connectivity index is 1.54. The summed E-state index contributed by atoms with van der Waals surface area (Å²) in [5.74, 6) is -0.115. The smallest absolute Gasteiger partial charge is 0.305 e. The number of hydrogen-bond acceptors (Lipinski definition) is 5. The summed E-state index contributed by atoms with van der Waals surface area (Å²) >= 11 is 0. The average Bonchev–Trinajstić information content (AvgIpc) is 2.90. The van der Waals surface area contributed by atoms with Crippen LogP contribution in [0.15, 0.2) is 18.2 Å². The molecule has 1 amide bonds. The van der Waals surface area contributed by atoms with Crippen molar-refractivity contribution < 1.29 is 29.3 Å². The van der Waals surface area contributed by atoms with Crippen molar-refractivity contribution in [2.24, 2.45) is 5.92 Å². The molecule has 7 heteroatoms. The number of carboxylic acid groups (broad SMARTS) is 1. The van der Waals surface area contributed by atoms with Gasteiger partial charge < -0.3 is 25.0 Å². The van der Waals surface area contributed by atoms with E-state index in [9.17, 15) is 14.7 Å². The Kier molecular flexibility index (Phi) is 4.58. The second-order valence-corrected chi connectivity index (χ2v) is 7.37. The Bertz CT molecular complexity index is 716. The van der Waals surface area contributed by atoms with Gasteiger partial charge in [0.1, 0.15) is 18.0 Å². The maximum Gasteiger partial charge on any atom is 0.305 e. The Morgan fingerprint density at radius 1 is 1.27 bits per heavy atom. The second-order valence-electron chi connectivity index (χ2n) is 7.37. The van der Waals surface area contributed by atoms with Crippen LogP contribution in [0.1, 0.15) is 43.6 Å². The number of aliphatic hydroxyl groups is 1. The quantitative estimate of drug-likeness (QED) is 0.740. The summed E-state index contributed by atoms with van der Waals surface area (Å²) in [6.07, 6.45) is 2.04. The summed E-state index contributed by atoms with van der Waals surface area (Å²) in [7, 11) is 0. The van der Waals surface area contributed by atoms with Crippen LogP contribution in [0.4, 0.5) is 5.69 Å². The number of ether oxygens (including phenoxy) is 2. The number of carbonyl (C=O) groups is 2. The minimum Gasteiger partial charge on any atom is -0.487 e. The van der Waals surface area contributed by atoms with E-state index in [0.717, 1.165) is 30.5 Å². The van der Waals surface area contributed by atoms with E-state index < -0.39 is 18.2 Å². The highest BCUT2D eigenvalue weighted by Crippen LogP contribution is 2.47. The number of benzene rings is 1. The summed E-state index contributed by atoms with van der Waals surface area (Å²) < 4.78 is 11.7. The van der Waals surface area contributed by atoms with E-state index in [0.29, 0.717) is 12.2 Å². The Morgan fingerprint density at radius 3 is 2.73 bits per heavy atom. The van der Waals surface area contributed by atoms with Crippen molar-refractivity contribution in [1.82, 2.24) is 0 Å². The third kappa shape index (κ3) is 3.17. The molecule has 0 unspecified atom stereocenters. The number of amides is 1. The summed E-state index contributed by atoms with van der Waals surface area (Å²) in [5.41, 5.74) is 1.67. The van der Waals surface area contributed by atoms with Crippen LogP contribution in [0.2, 0.25) is 0 Å². The Labute approximate surface area is 151 Å². The largest absolute Gasteiger partial charge is 0.487 e. The molecule has 7 nitrogen and oxygen atoms in total. The van der Waals surface area contributed by atoms with Crippen LogP contribution >= 0.6 is 0 Å². The van der Waals surface area contributed by atoms with Gasteiger partial charge in [0.25, 0.3) is 0 Å². The highest BCUT2D eigenvalue weighted by molar-refractivity contribution is 5.93. The van der Waals surface area contributed by atoms with E-state index in [1.54, 1.807) is 0 Å². The lowest BCUT2D eigenvalue weighted by Gasteiger charge is -2.36. The summed E-state index contributed by atoms with van der Waals surface area (Å²) in [6, 6.07) is 5.55. The van der Waals surface area contributed by atoms with Crippen LogP contribution in [0, 0.1) is 5.92 Å². The first-order valence-electron chi connectivity index (χ1n) is 9.14. The van der Waals surface area contributed by atoms with Crippen molar-refractivity contribution in [2.75, 3.05) is 11.9 Å². The molecule has 1 aromatic rings. The molecule has 1 aromatic carbocycles. The molecule has 0 aromatic heterocycles. The lowest BCUT2D eigenvalue weighted by molar-refractivity contribution is -0.153. The minimum atomic E-state index is -0.925. The normalized spacial score (nSPS) is 29.9. The van der Waals surface area contributed by atoms with Gasteiger partial charge in [0.2, 0.25) is 5.91 Å². The topological polar surface area (TPSA) is 105 Å². The van der Waals surface area contributed by atoms with Crippen LogP contribution in [0.25, 0.3) is 0 Å². The first kappa shape index (κ1) is 17.3. The highest BCUT2D eigenvalue weighted by Gasteiger charge is 2.46. The fraction of sp³-hybridized carbons (Fsp3) is 0.579. The van der Waals surface area contributed by atoms with Crippen molar-refractivity contribution in [1.29, 1.82) is 0 Å². The molecular weight excluding hydrogens is 338 g/mol. The van der Waals surface area contributed by atoms with Crippen molar-refractivity contribution in [3.8, 4) is 5.75 Å².